The number of ether oxygens (including phenoxy) is 1. The molecular formula is C12H15NO4. The van der Waals surface area contributed by atoms with Crippen LogP contribution < -0.4 is 10.1 Å². The maximum absolute atomic E-state index is 10.9. The van der Waals surface area contributed by atoms with Gasteiger partial charge in [-0.15, -0.1) is 0 Å². The second kappa shape index (κ2) is 5.89. The van der Waals surface area contributed by atoms with Crippen LogP contribution >= 0.6 is 0 Å². The number of anilines is 1. The van der Waals surface area contributed by atoms with E-state index >= 15 is 0 Å². The zero-order valence-electron chi connectivity index (χ0n) is 9.77. The minimum absolute atomic E-state index is 0.425. The Morgan fingerprint density at radius 1 is 1.29 bits per heavy atom. The standard InChI is InChI=1S/C12H15NO4/c1-8(2)7-17-10-5-3-9(4-6-10)13-11(14)12(15)16/h3-6,8H,7H2,1-2H3,(H,13,14)(H,15,16). The maximum atomic E-state index is 10.9. The van der Waals surface area contributed by atoms with Crippen LogP contribution in [0.25, 0.3) is 0 Å². The summed E-state index contributed by atoms with van der Waals surface area (Å²) in [5, 5.41) is 10.6. The van der Waals surface area contributed by atoms with Crippen molar-refractivity contribution in [3.63, 3.8) is 0 Å². The van der Waals surface area contributed by atoms with Crippen LogP contribution in [0.2, 0.25) is 0 Å². The summed E-state index contributed by atoms with van der Waals surface area (Å²) < 4.78 is 5.45. The maximum Gasteiger partial charge on any atom is 0.394 e. The number of aliphatic carboxylic acids is 1. The van der Waals surface area contributed by atoms with Gasteiger partial charge in [0.1, 0.15) is 5.75 Å². The Labute approximate surface area is 99.4 Å². The summed E-state index contributed by atoms with van der Waals surface area (Å²) in [6, 6.07) is 6.55. The number of carboxylic acids is 1. The van der Waals surface area contributed by atoms with Crippen LogP contribution in [0, 0.1) is 5.92 Å². The Balaban J connectivity index is 2.56. The van der Waals surface area contributed by atoms with Gasteiger partial charge in [0, 0.05) is 5.69 Å². The highest BCUT2D eigenvalue weighted by molar-refractivity contribution is 6.36. The van der Waals surface area contributed by atoms with Crippen molar-refractivity contribution >= 4 is 17.6 Å². The number of carbonyl (C=O) groups excluding carboxylic acids is 1. The van der Waals surface area contributed by atoms with Gasteiger partial charge in [0.2, 0.25) is 0 Å². The van der Waals surface area contributed by atoms with Crippen molar-refractivity contribution in [2.45, 2.75) is 13.8 Å². The molecule has 1 amide bonds. The normalized spacial score (nSPS) is 10.1. The van der Waals surface area contributed by atoms with Crippen molar-refractivity contribution < 1.29 is 19.4 Å². The molecule has 0 saturated heterocycles. The quantitative estimate of drug-likeness (QED) is 0.782. The number of amides is 1. The van der Waals surface area contributed by atoms with Gasteiger partial charge < -0.3 is 15.2 Å². The van der Waals surface area contributed by atoms with E-state index in [4.69, 9.17) is 9.84 Å². The molecule has 0 aliphatic rings. The van der Waals surface area contributed by atoms with Crippen LogP contribution in [0.1, 0.15) is 13.8 Å². The second-order valence-corrected chi connectivity index (χ2v) is 3.99. The number of hydrogen-bond acceptors (Lipinski definition) is 3. The topological polar surface area (TPSA) is 75.6 Å². The third-order valence-electron chi connectivity index (χ3n) is 1.89. The predicted molar refractivity (Wildman–Crippen MR) is 63.0 cm³/mol. The first-order valence-electron chi connectivity index (χ1n) is 5.26. The Morgan fingerprint density at radius 2 is 1.88 bits per heavy atom. The second-order valence-electron chi connectivity index (χ2n) is 3.99. The first-order valence-corrected chi connectivity index (χ1v) is 5.26. The Hall–Kier alpha value is -2.04. The molecule has 2 N–H and O–H groups in total. The molecule has 0 radical (unpaired) electrons. The molecule has 1 aromatic rings. The molecule has 92 valence electrons. The summed E-state index contributed by atoms with van der Waals surface area (Å²) in [7, 11) is 0. The van der Waals surface area contributed by atoms with E-state index in [0.717, 1.165) is 0 Å². The summed E-state index contributed by atoms with van der Waals surface area (Å²) in [4.78, 5) is 21.2. The van der Waals surface area contributed by atoms with Crippen molar-refractivity contribution in [1.29, 1.82) is 0 Å². The largest absolute Gasteiger partial charge is 0.493 e. The third kappa shape index (κ3) is 4.55. The monoisotopic (exact) mass is 237 g/mol. The van der Waals surface area contributed by atoms with Gasteiger partial charge in [0.15, 0.2) is 0 Å². The lowest BCUT2D eigenvalue weighted by atomic mass is 10.2. The summed E-state index contributed by atoms with van der Waals surface area (Å²) in [6.45, 7) is 4.70. The number of carbonyl (C=O) groups is 2. The fraction of sp³-hybridized carbons (Fsp3) is 0.333. The number of rotatable bonds is 4. The molecule has 0 heterocycles. The summed E-state index contributed by atoms with van der Waals surface area (Å²) >= 11 is 0. The number of hydrogen-bond donors (Lipinski definition) is 2. The molecule has 0 aliphatic carbocycles. The lowest BCUT2D eigenvalue weighted by Gasteiger charge is -2.09. The Kier molecular flexibility index (Phi) is 4.51. The van der Waals surface area contributed by atoms with E-state index in [1.165, 1.54) is 0 Å². The van der Waals surface area contributed by atoms with E-state index in [1.807, 2.05) is 13.8 Å². The lowest BCUT2D eigenvalue weighted by Crippen LogP contribution is -2.21. The molecule has 17 heavy (non-hydrogen) atoms. The zero-order chi connectivity index (χ0) is 12.8. The Morgan fingerprint density at radius 3 is 2.35 bits per heavy atom. The van der Waals surface area contributed by atoms with Gasteiger partial charge in [-0.1, -0.05) is 13.8 Å². The molecule has 0 bridgehead atoms. The molecule has 0 aromatic heterocycles. The molecule has 0 unspecified atom stereocenters. The van der Waals surface area contributed by atoms with Crippen LogP contribution in [0.3, 0.4) is 0 Å². The fourth-order valence-electron chi connectivity index (χ4n) is 1.08. The molecule has 5 heteroatoms. The molecule has 0 aliphatic heterocycles. The van der Waals surface area contributed by atoms with Crippen molar-refractivity contribution in [3.05, 3.63) is 24.3 Å². The van der Waals surface area contributed by atoms with Gasteiger partial charge in [-0.25, -0.2) is 4.79 Å². The summed E-state index contributed by atoms with van der Waals surface area (Å²) in [5.41, 5.74) is 0.425. The van der Waals surface area contributed by atoms with Crippen molar-refractivity contribution in [2.75, 3.05) is 11.9 Å². The highest BCUT2D eigenvalue weighted by atomic mass is 16.5. The highest BCUT2D eigenvalue weighted by Crippen LogP contribution is 2.16. The van der Waals surface area contributed by atoms with Gasteiger partial charge >= 0.3 is 11.9 Å². The van der Waals surface area contributed by atoms with Gasteiger partial charge in [0.05, 0.1) is 6.61 Å². The van der Waals surface area contributed by atoms with Gasteiger partial charge in [-0.05, 0) is 30.2 Å². The molecule has 0 spiro atoms. The van der Waals surface area contributed by atoms with E-state index in [2.05, 4.69) is 5.32 Å². The molecule has 5 nitrogen and oxygen atoms in total. The summed E-state index contributed by atoms with van der Waals surface area (Å²) in [5.74, 6) is -1.45. The van der Waals surface area contributed by atoms with E-state index in [-0.39, 0.29) is 0 Å². The van der Waals surface area contributed by atoms with Crippen LogP contribution in [0.4, 0.5) is 5.69 Å². The first-order chi connectivity index (χ1) is 7.99. The van der Waals surface area contributed by atoms with Crippen LogP contribution in [0.5, 0.6) is 5.75 Å². The lowest BCUT2D eigenvalue weighted by molar-refractivity contribution is -0.147. The van der Waals surface area contributed by atoms with Crippen molar-refractivity contribution in [1.82, 2.24) is 0 Å². The van der Waals surface area contributed by atoms with Crippen LogP contribution in [-0.2, 0) is 9.59 Å². The highest BCUT2D eigenvalue weighted by Gasteiger charge is 2.10. The van der Waals surface area contributed by atoms with E-state index < -0.39 is 11.9 Å². The fourth-order valence-corrected chi connectivity index (χ4v) is 1.08. The summed E-state index contributed by atoms with van der Waals surface area (Å²) in [6.07, 6.45) is 0. The third-order valence-corrected chi connectivity index (χ3v) is 1.89. The van der Waals surface area contributed by atoms with Crippen molar-refractivity contribution in [3.8, 4) is 5.75 Å². The molecule has 1 rings (SSSR count). The van der Waals surface area contributed by atoms with E-state index in [1.54, 1.807) is 24.3 Å². The van der Waals surface area contributed by atoms with Gasteiger partial charge in [-0.3, -0.25) is 4.79 Å². The molecule has 0 fully saturated rings. The predicted octanol–water partition coefficient (Wildman–Crippen LogP) is 1.74. The van der Waals surface area contributed by atoms with Crippen LogP contribution in [0.15, 0.2) is 24.3 Å². The number of nitrogens with one attached hydrogen (secondary N) is 1. The van der Waals surface area contributed by atoms with E-state index in [0.29, 0.717) is 24.0 Å². The first kappa shape index (κ1) is 13.0. The SMILES string of the molecule is CC(C)COc1ccc(NC(=O)C(=O)O)cc1. The molecular weight excluding hydrogens is 222 g/mol. The average molecular weight is 237 g/mol. The van der Waals surface area contributed by atoms with Gasteiger partial charge in [0.25, 0.3) is 0 Å². The van der Waals surface area contributed by atoms with Gasteiger partial charge in [-0.2, -0.15) is 0 Å². The number of carboxylic acid groups (broad SMARTS) is 1. The number of benzene rings is 1. The van der Waals surface area contributed by atoms with Crippen molar-refractivity contribution in [2.24, 2.45) is 5.92 Å². The minimum Gasteiger partial charge on any atom is -0.493 e. The average Bonchev–Trinajstić information content (AvgIpc) is 2.28. The Bertz CT molecular complexity index is 397. The zero-order valence-corrected chi connectivity index (χ0v) is 9.77. The smallest absolute Gasteiger partial charge is 0.394 e. The van der Waals surface area contributed by atoms with Crippen LogP contribution in [-0.4, -0.2) is 23.6 Å². The van der Waals surface area contributed by atoms with E-state index in [9.17, 15) is 9.59 Å². The molecule has 1 aromatic carbocycles. The minimum atomic E-state index is -1.51. The molecule has 0 atom stereocenters. The molecule has 0 saturated carbocycles.